The molecule has 0 aliphatic rings. The minimum atomic E-state index is -0.481. The third-order valence-corrected chi connectivity index (χ3v) is 2.19. The molecule has 0 unspecified atom stereocenters. The van der Waals surface area contributed by atoms with Gasteiger partial charge in [-0.2, -0.15) is 0 Å². The Balaban J connectivity index is 2.54. The van der Waals surface area contributed by atoms with Crippen LogP contribution in [0.15, 0.2) is 35.9 Å². The van der Waals surface area contributed by atoms with Crippen LogP contribution in [0.4, 0.5) is 5.69 Å². The van der Waals surface area contributed by atoms with Crippen LogP contribution in [0.3, 0.4) is 0 Å². The van der Waals surface area contributed by atoms with Gasteiger partial charge in [0, 0.05) is 17.7 Å². The van der Waals surface area contributed by atoms with Gasteiger partial charge in [0.15, 0.2) is 0 Å². The maximum Gasteiger partial charge on any atom is 0.333 e. The van der Waals surface area contributed by atoms with Crippen LogP contribution in [-0.4, -0.2) is 24.6 Å². The van der Waals surface area contributed by atoms with Crippen molar-refractivity contribution in [2.24, 2.45) is 0 Å². The van der Waals surface area contributed by atoms with Gasteiger partial charge in [0.1, 0.15) is 12.4 Å². The van der Waals surface area contributed by atoms with Gasteiger partial charge < -0.3 is 9.47 Å². The summed E-state index contributed by atoms with van der Waals surface area (Å²) in [5.41, 5.74) is 0.447. The third kappa shape index (κ3) is 3.89. The van der Waals surface area contributed by atoms with E-state index in [0.29, 0.717) is 11.3 Å². The van der Waals surface area contributed by atoms with Crippen molar-refractivity contribution < 1.29 is 19.2 Å². The van der Waals surface area contributed by atoms with Crippen LogP contribution in [0.1, 0.15) is 6.92 Å². The fraction of sp³-hybridized carbons (Fsp3) is 0.250. The molecule has 18 heavy (non-hydrogen) atoms. The monoisotopic (exact) mass is 251 g/mol. The van der Waals surface area contributed by atoms with E-state index >= 15 is 0 Å². The number of benzene rings is 1. The molecule has 0 heterocycles. The van der Waals surface area contributed by atoms with Gasteiger partial charge in [-0.05, 0) is 25.1 Å². The molecule has 0 amide bonds. The summed E-state index contributed by atoms with van der Waals surface area (Å²) in [6.07, 6.45) is 1.58. The Hall–Kier alpha value is -2.37. The summed E-state index contributed by atoms with van der Waals surface area (Å²) in [6.45, 7) is 1.81. The second-order valence-electron chi connectivity index (χ2n) is 3.44. The third-order valence-electron chi connectivity index (χ3n) is 2.19. The molecule has 6 nitrogen and oxygen atoms in total. The van der Waals surface area contributed by atoms with Crippen molar-refractivity contribution in [1.82, 2.24) is 0 Å². The molecule has 0 N–H and O–H groups in total. The smallest absolute Gasteiger partial charge is 0.333 e. The summed E-state index contributed by atoms with van der Waals surface area (Å²) in [7, 11) is 1.30. The summed E-state index contributed by atoms with van der Waals surface area (Å²) >= 11 is 0. The molecule has 0 saturated heterocycles. The normalized spacial score (nSPS) is 10.9. The number of rotatable bonds is 5. The number of carbonyl (C=O) groups is 1. The van der Waals surface area contributed by atoms with E-state index in [1.807, 2.05) is 0 Å². The van der Waals surface area contributed by atoms with Crippen molar-refractivity contribution in [2.75, 3.05) is 13.7 Å². The number of esters is 1. The SMILES string of the molecule is COC(=O)C(C)=CCOc1ccc([N+](=O)[O-])cc1. The first-order valence-corrected chi connectivity index (χ1v) is 5.17. The fourth-order valence-electron chi connectivity index (χ4n) is 1.17. The fourth-order valence-corrected chi connectivity index (χ4v) is 1.17. The van der Waals surface area contributed by atoms with E-state index in [-0.39, 0.29) is 12.3 Å². The van der Waals surface area contributed by atoms with Crippen molar-refractivity contribution in [3.05, 3.63) is 46.0 Å². The first-order valence-electron chi connectivity index (χ1n) is 5.17. The largest absolute Gasteiger partial charge is 0.490 e. The molecule has 0 saturated carbocycles. The number of carbonyl (C=O) groups excluding carboxylic acids is 1. The quantitative estimate of drug-likeness (QED) is 0.346. The standard InChI is InChI=1S/C12H13NO5/c1-9(12(14)17-2)7-8-18-11-5-3-10(4-6-11)13(15)16/h3-7H,8H2,1-2H3. The molecular weight excluding hydrogens is 238 g/mol. The molecule has 0 atom stereocenters. The zero-order chi connectivity index (χ0) is 13.5. The van der Waals surface area contributed by atoms with Crippen LogP contribution in [0.2, 0.25) is 0 Å². The van der Waals surface area contributed by atoms with E-state index in [1.165, 1.54) is 31.4 Å². The first-order chi connectivity index (χ1) is 8.54. The maximum absolute atomic E-state index is 11.1. The van der Waals surface area contributed by atoms with Gasteiger partial charge >= 0.3 is 5.97 Å². The molecule has 1 aromatic rings. The van der Waals surface area contributed by atoms with Crippen molar-refractivity contribution in [2.45, 2.75) is 6.92 Å². The van der Waals surface area contributed by atoms with E-state index in [2.05, 4.69) is 4.74 Å². The van der Waals surface area contributed by atoms with Gasteiger partial charge in [-0.1, -0.05) is 0 Å². The first kappa shape index (κ1) is 13.7. The molecule has 0 aliphatic heterocycles. The Morgan fingerprint density at radius 2 is 2.00 bits per heavy atom. The minimum Gasteiger partial charge on any atom is -0.490 e. The van der Waals surface area contributed by atoms with Crippen LogP contribution in [0.5, 0.6) is 5.75 Å². The van der Waals surface area contributed by atoms with E-state index < -0.39 is 10.9 Å². The van der Waals surface area contributed by atoms with Crippen molar-refractivity contribution in [3.63, 3.8) is 0 Å². The molecule has 0 radical (unpaired) electrons. The average molecular weight is 251 g/mol. The minimum absolute atomic E-state index is 0.00336. The number of methoxy groups -OCH3 is 1. The number of non-ortho nitro benzene ring substituents is 1. The van der Waals surface area contributed by atoms with Gasteiger partial charge in [-0.3, -0.25) is 10.1 Å². The predicted octanol–water partition coefficient (Wildman–Crippen LogP) is 2.09. The van der Waals surface area contributed by atoms with E-state index in [1.54, 1.807) is 13.0 Å². The van der Waals surface area contributed by atoms with Gasteiger partial charge in [-0.15, -0.1) is 0 Å². The Kier molecular flexibility index (Phi) is 4.86. The van der Waals surface area contributed by atoms with Gasteiger partial charge in [0.05, 0.1) is 12.0 Å². The molecule has 0 spiro atoms. The Bertz CT molecular complexity index is 464. The van der Waals surface area contributed by atoms with Crippen LogP contribution in [0.25, 0.3) is 0 Å². The Labute approximate surface area is 104 Å². The lowest BCUT2D eigenvalue weighted by molar-refractivity contribution is -0.384. The summed E-state index contributed by atoms with van der Waals surface area (Å²) in [5.74, 6) is 0.0804. The number of ether oxygens (including phenoxy) is 2. The number of nitro groups is 1. The molecule has 96 valence electrons. The van der Waals surface area contributed by atoms with Crippen molar-refractivity contribution in [1.29, 1.82) is 0 Å². The van der Waals surface area contributed by atoms with Crippen LogP contribution >= 0.6 is 0 Å². The molecule has 0 bridgehead atoms. The molecule has 6 heteroatoms. The lowest BCUT2D eigenvalue weighted by atomic mass is 10.3. The lowest BCUT2D eigenvalue weighted by Gasteiger charge is -2.03. The zero-order valence-electron chi connectivity index (χ0n) is 10.1. The molecule has 0 fully saturated rings. The van der Waals surface area contributed by atoms with Gasteiger partial charge in [0.25, 0.3) is 5.69 Å². The van der Waals surface area contributed by atoms with Crippen LogP contribution < -0.4 is 4.74 Å². The van der Waals surface area contributed by atoms with Crippen LogP contribution in [-0.2, 0) is 9.53 Å². The van der Waals surface area contributed by atoms with Gasteiger partial charge in [0.2, 0.25) is 0 Å². The topological polar surface area (TPSA) is 78.7 Å². The van der Waals surface area contributed by atoms with E-state index in [0.717, 1.165) is 0 Å². The average Bonchev–Trinajstić information content (AvgIpc) is 2.38. The molecule has 1 aromatic carbocycles. The number of nitro benzene ring substituents is 1. The van der Waals surface area contributed by atoms with Crippen LogP contribution in [0, 0.1) is 10.1 Å². The maximum atomic E-state index is 11.1. The highest BCUT2D eigenvalue weighted by molar-refractivity contribution is 5.87. The highest BCUT2D eigenvalue weighted by atomic mass is 16.6. The highest BCUT2D eigenvalue weighted by Crippen LogP contribution is 2.17. The Morgan fingerprint density at radius 1 is 1.39 bits per heavy atom. The second-order valence-corrected chi connectivity index (χ2v) is 3.44. The summed E-state index contributed by atoms with van der Waals surface area (Å²) in [4.78, 5) is 21.0. The summed E-state index contributed by atoms with van der Waals surface area (Å²) < 4.78 is 9.82. The number of hydrogen-bond acceptors (Lipinski definition) is 5. The molecule has 1 rings (SSSR count). The second kappa shape index (κ2) is 6.39. The van der Waals surface area contributed by atoms with Crippen molar-refractivity contribution >= 4 is 11.7 Å². The molecule has 0 aliphatic carbocycles. The zero-order valence-corrected chi connectivity index (χ0v) is 10.1. The lowest BCUT2D eigenvalue weighted by Crippen LogP contribution is -2.04. The molecular formula is C12H13NO5. The van der Waals surface area contributed by atoms with Crippen molar-refractivity contribution in [3.8, 4) is 5.75 Å². The summed E-state index contributed by atoms with van der Waals surface area (Å²) in [5, 5.41) is 10.4. The number of nitrogens with zero attached hydrogens (tertiary/aromatic N) is 1. The van der Waals surface area contributed by atoms with E-state index in [4.69, 9.17) is 4.74 Å². The predicted molar refractivity (Wildman–Crippen MR) is 64.4 cm³/mol. The summed E-state index contributed by atoms with van der Waals surface area (Å²) in [6, 6.07) is 5.71. The highest BCUT2D eigenvalue weighted by Gasteiger charge is 2.04. The number of hydrogen-bond donors (Lipinski definition) is 0. The van der Waals surface area contributed by atoms with Gasteiger partial charge in [-0.25, -0.2) is 4.79 Å². The van der Waals surface area contributed by atoms with E-state index in [9.17, 15) is 14.9 Å². The Morgan fingerprint density at radius 3 is 2.50 bits per heavy atom. The molecule has 0 aromatic heterocycles.